The van der Waals surface area contributed by atoms with E-state index in [0.717, 1.165) is 0 Å². The lowest BCUT2D eigenvalue weighted by molar-refractivity contribution is -0.135. The quantitative estimate of drug-likeness (QED) is 0.259. The van der Waals surface area contributed by atoms with E-state index >= 15 is 0 Å². The Balaban J connectivity index is 4.96. The highest BCUT2D eigenvalue weighted by atomic mass is 32.1. The van der Waals surface area contributed by atoms with Crippen LogP contribution in [0, 0.1) is 0 Å². The van der Waals surface area contributed by atoms with Crippen LogP contribution in [-0.4, -0.2) is 47.6 Å². The zero-order chi connectivity index (χ0) is 15.1. The molecule has 0 bridgehead atoms. The molecule has 0 heterocycles. The van der Waals surface area contributed by atoms with Crippen LogP contribution in [0.25, 0.3) is 0 Å². The molecule has 2 atom stereocenters. The van der Waals surface area contributed by atoms with Crippen molar-refractivity contribution >= 4 is 37.1 Å². The van der Waals surface area contributed by atoms with Gasteiger partial charge in [-0.05, 0) is 20.4 Å². The molecule has 5 N–H and O–H groups in total. The summed E-state index contributed by atoms with van der Waals surface area (Å²) >= 11 is 8.21. The first kappa shape index (κ1) is 18.6. The summed E-state index contributed by atoms with van der Waals surface area (Å²) in [7, 11) is 0. The molecular weight excluding hydrogens is 284 g/mol. The number of nitrogens with one attached hydrogen (secondary N) is 3. The van der Waals surface area contributed by atoms with Crippen molar-refractivity contribution < 1.29 is 9.59 Å². The molecule has 6 nitrogen and oxygen atoms in total. The van der Waals surface area contributed by atoms with Crippen molar-refractivity contribution in [3.63, 3.8) is 0 Å². The number of nitrogens with two attached hydrogens (primary N) is 1. The van der Waals surface area contributed by atoms with Crippen molar-refractivity contribution in [1.29, 1.82) is 0 Å². The molecule has 0 rings (SSSR count). The predicted octanol–water partition coefficient (Wildman–Crippen LogP) is -0.878. The lowest BCUT2D eigenvalue weighted by atomic mass is 10.0. The van der Waals surface area contributed by atoms with Crippen LogP contribution in [0.1, 0.15) is 20.8 Å². The molecule has 112 valence electrons. The third-order valence-electron chi connectivity index (χ3n) is 2.71. The number of thiol groups is 2. The molecule has 0 aliphatic carbocycles. The molecule has 0 fully saturated rings. The summed E-state index contributed by atoms with van der Waals surface area (Å²) in [6.45, 7) is 6.39. The Kier molecular flexibility index (Phi) is 7.80. The standard InChI is InChI=1S/C11H24N4O2S2/c1-4-13-9(17)11(12,7-19)15-8(16)10(3,6-18)14-5-2/h14,18-19H,4-7,12H2,1-3H3,(H,13,17)(H,15,16). The van der Waals surface area contributed by atoms with E-state index in [1.165, 1.54) is 0 Å². The molecule has 0 aliphatic rings. The van der Waals surface area contributed by atoms with Gasteiger partial charge in [0.25, 0.3) is 5.91 Å². The van der Waals surface area contributed by atoms with Crippen LogP contribution in [-0.2, 0) is 9.59 Å². The Labute approximate surface area is 125 Å². The van der Waals surface area contributed by atoms with Crippen LogP contribution in [0.3, 0.4) is 0 Å². The van der Waals surface area contributed by atoms with Gasteiger partial charge in [-0.25, -0.2) is 0 Å². The Bertz CT molecular complexity index is 330. The fraction of sp³-hybridized carbons (Fsp3) is 0.818. The first-order chi connectivity index (χ1) is 8.79. The van der Waals surface area contributed by atoms with Crippen molar-refractivity contribution in [2.75, 3.05) is 24.6 Å². The van der Waals surface area contributed by atoms with Gasteiger partial charge in [0.2, 0.25) is 5.91 Å². The Hall–Kier alpha value is -0.440. The molecule has 19 heavy (non-hydrogen) atoms. The summed E-state index contributed by atoms with van der Waals surface area (Å²) in [5.41, 5.74) is 3.48. The molecule has 0 saturated carbocycles. The fourth-order valence-corrected chi connectivity index (χ4v) is 1.90. The van der Waals surface area contributed by atoms with Gasteiger partial charge in [-0.3, -0.25) is 9.59 Å². The van der Waals surface area contributed by atoms with Crippen molar-refractivity contribution in [2.24, 2.45) is 5.73 Å². The van der Waals surface area contributed by atoms with Crippen LogP contribution in [0.4, 0.5) is 0 Å². The lowest BCUT2D eigenvalue weighted by Gasteiger charge is -2.34. The molecule has 0 radical (unpaired) electrons. The minimum absolute atomic E-state index is 0.000645. The van der Waals surface area contributed by atoms with Crippen molar-refractivity contribution in [1.82, 2.24) is 16.0 Å². The van der Waals surface area contributed by atoms with Gasteiger partial charge in [-0.2, -0.15) is 25.3 Å². The maximum atomic E-state index is 12.3. The van der Waals surface area contributed by atoms with Gasteiger partial charge < -0.3 is 21.7 Å². The summed E-state index contributed by atoms with van der Waals surface area (Å²) in [5.74, 6) is -0.562. The molecule has 8 heteroatoms. The minimum atomic E-state index is -1.53. The molecule has 0 aromatic carbocycles. The monoisotopic (exact) mass is 308 g/mol. The molecule has 0 saturated heterocycles. The lowest BCUT2D eigenvalue weighted by Crippen LogP contribution is -2.71. The van der Waals surface area contributed by atoms with Gasteiger partial charge >= 0.3 is 0 Å². The number of hydrogen-bond acceptors (Lipinski definition) is 6. The highest BCUT2D eigenvalue weighted by Crippen LogP contribution is 2.09. The van der Waals surface area contributed by atoms with Gasteiger partial charge in [0.05, 0.1) is 0 Å². The molecular formula is C11H24N4O2S2. The van der Waals surface area contributed by atoms with Crippen LogP contribution in [0.2, 0.25) is 0 Å². The SMILES string of the molecule is CCNC(=O)C(N)(CS)NC(=O)C(C)(CS)NCC. The Morgan fingerprint density at radius 3 is 2.05 bits per heavy atom. The van der Waals surface area contributed by atoms with Crippen LogP contribution in [0.5, 0.6) is 0 Å². The first-order valence-electron chi connectivity index (χ1n) is 6.16. The van der Waals surface area contributed by atoms with E-state index in [0.29, 0.717) is 13.1 Å². The Morgan fingerprint density at radius 2 is 1.68 bits per heavy atom. The van der Waals surface area contributed by atoms with Crippen LogP contribution in [0.15, 0.2) is 0 Å². The average Bonchev–Trinajstić information content (AvgIpc) is 2.38. The maximum Gasteiger partial charge on any atom is 0.261 e. The molecule has 0 aromatic rings. The summed E-state index contributed by atoms with van der Waals surface area (Å²) < 4.78 is 0. The number of rotatable bonds is 8. The van der Waals surface area contributed by atoms with E-state index in [1.54, 1.807) is 13.8 Å². The largest absolute Gasteiger partial charge is 0.353 e. The average molecular weight is 308 g/mol. The van der Waals surface area contributed by atoms with Gasteiger partial charge in [0.1, 0.15) is 5.54 Å². The van der Waals surface area contributed by atoms with Crippen molar-refractivity contribution in [3.8, 4) is 0 Å². The van der Waals surface area contributed by atoms with Gasteiger partial charge in [-0.15, -0.1) is 0 Å². The van der Waals surface area contributed by atoms with Gasteiger partial charge in [0, 0.05) is 18.1 Å². The summed E-state index contributed by atoms with van der Waals surface area (Å²) in [5, 5.41) is 8.15. The minimum Gasteiger partial charge on any atom is -0.353 e. The van der Waals surface area contributed by atoms with Gasteiger partial charge in [0.15, 0.2) is 5.66 Å². The van der Waals surface area contributed by atoms with E-state index in [9.17, 15) is 9.59 Å². The number of amides is 2. The predicted molar refractivity (Wildman–Crippen MR) is 83.5 cm³/mol. The smallest absolute Gasteiger partial charge is 0.261 e. The summed E-state index contributed by atoms with van der Waals surface area (Å²) in [6, 6.07) is 0. The number of carbonyl (C=O) groups excluding carboxylic acids is 2. The third kappa shape index (κ3) is 4.87. The number of carbonyl (C=O) groups is 2. The van der Waals surface area contributed by atoms with Crippen molar-refractivity contribution in [3.05, 3.63) is 0 Å². The van der Waals surface area contributed by atoms with E-state index in [4.69, 9.17) is 5.73 Å². The van der Waals surface area contributed by atoms with Crippen molar-refractivity contribution in [2.45, 2.75) is 32.0 Å². The highest BCUT2D eigenvalue weighted by Gasteiger charge is 2.39. The van der Waals surface area contributed by atoms with E-state index in [-0.39, 0.29) is 17.4 Å². The fourth-order valence-electron chi connectivity index (χ4n) is 1.43. The molecule has 2 unspecified atom stereocenters. The first-order valence-corrected chi connectivity index (χ1v) is 7.42. The summed E-state index contributed by atoms with van der Waals surface area (Å²) in [6.07, 6.45) is 0. The summed E-state index contributed by atoms with van der Waals surface area (Å²) in [4.78, 5) is 24.1. The van der Waals surface area contributed by atoms with E-state index < -0.39 is 17.1 Å². The third-order valence-corrected chi connectivity index (χ3v) is 3.84. The van der Waals surface area contributed by atoms with E-state index in [1.807, 2.05) is 6.92 Å². The molecule has 2 amide bonds. The number of hydrogen-bond donors (Lipinski definition) is 6. The maximum absolute atomic E-state index is 12.3. The zero-order valence-corrected chi connectivity index (χ0v) is 13.4. The van der Waals surface area contributed by atoms with E-state index in [2.05, 4.69) is 41.2 Å². The molecule has 0 aromatic heterocycles. The second-order valence-electron chi connectivity index (χ2n) is 4.46. The normalized spacial score (nSPS) is 17.2. The number of likely N-dealkylation sites (N-methyl/N-ethyl adjacent to an activating group) is 2. The zero-order valence-electron chi connectivity index (χ0n) is 11.6. The highest BCUT2D eigenvalue weighted by molar-refractivity contribution is 7.80. The second-order valence-corrected chi connectivity index (χ2v) is 5.10. The topological polar surface area (TPSA) is 96.2 Å². The Morgan fingerprint density at radius 1 is 1.11 bits per heavy atom. The van der Waals surface area contributed by atoms with Crippen LogP contribution < -0.4 is 21.7 Å². The molecule has 0 aliphatic heterocycles. The van der Waals surface area contributed by atoms with Gasteiger partial charge in [-0.1, -0.05) is 6.92 Å². The van der Waals surface area contributed by atoms with Crippen LogP contribution >= 0.6 is 25.3 Å². The second kappa shape index (κ2) is 7.98. The molecule has 0 spiro atoms.